The molecule has 0 radical (unpaired) electrons. The first-order valence-corrected chi connectivity index (χ1v) is 8.72. The topological polar surface area (TPSA) is 85.2 Å². The molecular formula is C19H20N6O2. The molecule has 8 nitrogen and oxygen atoms in total. The Balaban J connectivity index is 1.42. The number of carbonyl (C=O) groups excluding carboxylic acids is 1. The number of nitrogens with zero attached hydrogens (tertiary/aromatic N) is 5. The third-order valence-electron chi connectivity index (χ3n) is 4.49. The number of benzene rings is 1. The van der Waals surface area contributed by atoms with E-state index in [0.717, 1.165) is 17.1 Å². The number of nitrogens with one attached hydrogen (secondary N) is 1. The molecule has 0 spiro atoms. The van der Waals surface area contributed by atoms with Crippen molar-refractivity contribution >= 4 is 11.7 Å². The summed E-state index contributed by atoms with van der Waals surface area (Å²) in [6, 6.07) is 9.22. The fourth-order valence-electron chi connectivity index (χ4n) is 3.07. The molecule has 8 heteroatoms. The standard InChI is InChI=1S/C19H20N6O2/c1-27-17-4-2-14(3-5-17)19(26)24-8-9-25-16(13-24)10-15(23-25)11-22-18-12-20-6-7-21-18/h2-7,10,12H,8-9,11,13H2,1H3,(H,21,22). The third kappa shape index (κ3) is 3.74. The van der Waals surface area contributed by atoms with Gasteiger partial charge in [0, 0.05) is 24.5 Å². The molecule has 4 rings (SSSR count). The first kappa shape index (κ1) is 17.0. The lowest BCUT2D eigenvalue weighted by Gasteiger charge is -2.27. The van der Waals surface area contributed by atoms with Crippen molar-refractivity contribution in [2.75, 3.05) is 19.0 Å². The highest BCUT2D eigenvalue weighted by atomic mass is 16.5. The van der Waals surface area contributed by atoms with Crippen LogP contribution in [0, 0.1) is 0 Å². The third-order valence-corrected chi connectivity index (χ3v) is 4.49. The predicted octanol–water partition coefficient (Wildman–Crippen LogP) is 1.95. The van der Waals surface area contributed by atoms with E-state index in [0.29, 0.717) is 37.6 Å². The van der Waals surface area contributed by atoms with Crippen LogP contribution in [0.3, 0.4) is 0 Å². The highest BCUT2D eigenvalue weighted by molar-refractivity contribution is 5.94. The van der Waals surface area contributed by atoms with Gasteiger partial charge in [0.15, 0.2) is 0 Å². The van der Waals surface area contributed by atoms with E-state index < -0.39 is 0 Å². The summed E-state index contributed by atoms with van der Waals surface area (Å²) in [7, 11) is 1.61. The Morgan fingerprint density at radius 2 is 2.07 bits per heavy atom. The fourth-order valence-corrected chi connectivity index (χ4v) is 3.07. The van der Waals surface area contributed by atoms with Gasteiger partial charge in [-0.15, -0.1) is 0 Å². The van der Waals surface area contributed by atoms with Gasteiger partial charge in [-0.1, -0.05) is 0 Å². The summed E-state index contributed by atoms with van der Waals surface area (Å²) >= 11 is 0. The minimum absolute atomic E-state index is 0.0179. The molecule has 1 aromatic carbocycles. The van der Waals surface area contributed by atoms with Crippen LogP contribution in [0.5, 0.6) is 5.75 Å². The number of anilines is 1. The van der Waals surface area contributed by atoms with Crippen LogP contribution in [0.4, 0.5) is 5.82 Å². The smallest absolute Gasteiger partial charge is 0.254 e. The van der Waals surface area contributed by atoms with Crippen LogP contribution in [0.1, 0.15) is 21.7 Å². The molecule has 0 unspecified atom stereocenters. The van der Waals surface area contributed by atoms with Crippen molar-refractivity contribution in [2.24, 2.45) is 0 Å². The summed E-state index contributed by atoms with van der Waals surface area (Å²) in [5.74, 6) is 1.47. The minimum atomic E-state index is 0.0179. The van der Waals surface area contributed by atoms with Crippen LogP contribution in [0.2, 0.25) is 0 Å². The van der Waals surface area contributed by atoms with Gasteiger partial charge in [0.25, 0.3) is 5.91 Å². The Morgan fingerprint density at radius 1 is 1.22 bits per heavy atom. The van der Waals surface area contributed by atoms with Crippen molar-refractivity contribution in [1.29, 1.82) is 0 Å². The molecule has 0 bridgehead atoms. The van der Waals surface area contributed by atoms with Gasteiger partial charge in [-0.3, -0.25) is 14.5 Å². The van der Waals surface area contributed by atoms with Crippen molar-refractivity contribution in [3.8, 4) is 5.75 Å². The molecule has 27 heavy (non-hydrogen) atoms. The summed E-state index contributed by atoms with van der Waals surface area (Å²) in [5, 5.41) is 7.81. The van der Waals surface area contributed by atoms with Gasteiger partial charge in [0.1, 0.15) is 11.6 Å². The lowest BCUT2D eigenvalue weighted by Crippen LogP contribution is -2.38. The van der Waals surface area contributed by atoms with Crippen LogP contribution in [0.25, 0.3) is 0 Å². The Kier molecular flexibility index (Phi) is 4.69. The fraction of sp³-hybridized carbons (Fsp3) is 0.263. The second-order valence-corrected chi connectivity index (χ2v) is 6.25. The van der Waals surface area contributed by atoms with Gasteiger partial charge in [0.2, 0.25) is 0 Å². The van der Waals surface area contributed by atoms with Gasteiger partial charge in [-0.25, -0.2) is 4.98 Å². The Bertz CT molecular complexity index is 923. The number of rotatable bonds is 5. The molecule has 138 valence electrons. The lowest BCUT2D eigenvalue weighted by molar-refractivity contribution is 0.0706. The first-order chi connectivity index (χ1) is 13.2. The molecule has 0 aliphatic carbocycles. The quantitative estimate of drug-likeness (QED) is 0.745. The van der Waals surface area contributed by atoms with Gasteiger partial charge in [-0.2, -0.15) is 5.10 Å². The van der Waals surface area contributed by atoms with Gasteiger partial charge < -0.3 is 15.0 Å². The summed E-state index contributed by atoms with van der Waals surface area (Å²) in [4.78, 5) is 22.8. The summed E-state index contributed by atoms with van der Waals surface area (Å²) in [6.45, 7) is 2.42. The minimum Gasteiger partial charge on any atom is -0.497 e. The summed E-state index contributed by atoms with van der Waals surface area (Å²) in [5.41, 5.74) is 2.60. The van der Waals surface area contributed by atoms with Crippen molar-refractivity contribution < 1.29 is 9.53 Å². The van der Waals surface area contributed by atoms with Crippen LogP contribution < -0.4 is 10.1 Å². The SMILES string of the molecule is COc1ccc(C(=O)N2CCn3nc(CNc4cnccn4)cc3C2)cc1. The van der Waals surface area contributed by atoms with Crippen molar-refractivity contribution in [3.05, 3.63) is 65.9 Å². The van der Waals surface area contributed by atoms with E-state index in [1.807, 2.05) is 15.6 Å². The molecule has 1 aliphatic heterocycles. The number of amides is 1. The largest absolute Gasteiger partial charge is 0.497 e. The monoisotopic (exact) mass is 364 g/mol. The van der Waals surface area contributed by atoms with Crippen molar-refractivity contribution in [1.82, 2.24) is 24.6 Å². The highest BCUT2D eigenvalue weighted by Gasteiger charge is 2.23. The van der Waals surface area contributed by atoms with E-state index in [9.17, 15) is 4.79 Å². The number of aromatic nitrogens is 4. The number of fused-ring (bicyclic) bond motifs is 1. The van der Waals surface area contributed by atoms with E-state index in [-0.39, 0.29) is 5.91 Å². The van der Waals surface area contributed by atoms with E-state index in [1.165, 1.54) is 0 Å². The second kappa shape index (κ2) is 7.45. The molecule has 1 N–H and O–H groups in total. The van der Waals surface area contributed by atoms with E-state index in [1.54, 1.807) is 50.0 Å². The molecule has 0 saturated heterocycles. The van der Waals surface area contributed by atoms with Crippen LogP contribution in [-0.4, -0.2) is 44.2 Å². The van der Waals surface area contributed by atoms with Crippen molar-refractivity contribution in [2.45, 2.75) is 19.6 Å². The van der Waals surface area contributed by atoms with E-state index in [2.05, 4.69) is 20.4 Å². The summed E-state index contributed by atoms with van der Waals surface area (Å²) < 4.78 is 7.11. The van der Waals surface area contributed by atoms with E-state index in [4.69, 9.17) is 4.74 Å². The average molecular weight is 364 g/mol. The maximum Gasteiger partial charge on any atom is 0.254 e. The lowest BCUT2D eigenvalue weighted by atomic mass is 10.1. The normalized spacial score (nSPS) is 13.1. The van der Waals surface area contributed by atoms with Crippen LogP contribution in [0.15, 0.2) is 48.9 Å². The maximum absolute atomic E-state index is 12.8. The number of carbonyl (C=O) groups is 1. The molecule has 3 heterocycles. The number of hydrogen-bond acceptors (Lipinski definition) is 6. The highest BCUT2D eigenvalue weighted by Crippen LogP contribution is 2.18. The van der Waals surface area contributed by atoms with Gasteiger partial charge in [0.05, 0.1) is 44.3 Å². The molecule has 0 atom stereocenters. The molecule has 1 amide bonds. The zero-order chi connectivity index (χ0) is 18.6. The predicted molar refractivity (Wildman–Crippen MR) is 99.3 cm³/mol. The zero-order valence-electron chi connectivity index (χ0n) is 15.0. The van der Waals surface area contributed by atoms with E-state index >= 15 is 0 Å². The van der Waals surface area contributed by atoms with Crippen LogP contribution >= 0.6 is 0 Å². The Labute approximate surface area is 156 Å². The Hall–Kier alpha value is -3.42. The average Bonchev–Trinajstić information content (AvgIpc) is 3.14. The molecular weight excluding hydrogens is 344 g/mol. The van der Waals surface area contributed by atoms with Gasteiger partial charge >= 0.3 is 0 Å². The van der Waals surface area contributed by atoms with Crippen molar-refractivity contribution in [3.63, 3.8) is 0 Å². The van der Waals surface area contributed by atoms with Crippen LogP contribution in [-0.2, 0) is 19.6 Å². The second-order valence-electron chi connectivity index (χ2n) is 6.25. The number of methoxy groups -OCH3 is 1. The molecule has 2 aromatic heterocycles. The Morgan fingerprint density at radius 3 is 2.81 bits per heavy atom. The molecule has 1 aliphatic rings. The molecule has 0 saturated carbocycles. The summed E-state index contributed by atoms with van der Waals surface area (Å²) in [6.07, 6.45) is 4.95. The number of ether oxygens (including phenoxy) is 1. The number of hydrogen-bond donors (Lipinski definition) is 1. The maximum atomic E-state index is 12.8. The first-order valence-electron chi connectivity index (χ1n) is 8.72. The molecule has 3 aromatic rings. The molecule has 0 fully saturated rings. The zero-order valence-corrected chi connectivity index (χ0v) is 15.0. The van der Waals surface area contributed by atoms with Gasteiger partial charge in [-0.05, 0) is 30.3 Å².